The SMILES string of the molecule is O=S(=O)(OCCCc1cn(-c2cccnc2)c2ccccc12)c1ccccc1. The largest absolute Gasteiger partial charge is 0.315 e. The number of hydrogen-bond donors (Lipinski definition) is 0. The molecule has 2 heterocycles. The summed E-state index contributed by atoms with van der Waals surface area (Å²) < 4.78 is 31.7. The molecule has 5 nitrogen and oxygen atoms in total. The average molecular weight is 392 g/mol. The molecule has 2 aromatic carbocycles. The number of nitrogens with zero attached hydrogens (tertiary/aromatic N) is 2. The second-order valence-corrected chi connectivity index (χ2v) is 8.06. The van der Waals surface area contributed by atoms with E-state index in [9.17, 15) is 8.42 Å². The van der Waals surface area contributed by atoms with E-state index in [-0.39, 0.29) is 11.5 Å². The van der Waals surface area contributed by atoms with Crippen molar-refractivity contribution in [2.75, 3.05) is 6.61 Å². The van der Waals surface area contributed by atoms with Gasteiger partial charge in [-0.3, -0.25) is 9.17 Å². The fraction of sp³-hybridized carbons (Fsp3) is 0.136. The third-order valence-corrected chi connectivity index (χ3v) is 5.91. The van der Waals surface area contributed by atoms with Crippen molar-refractivity contribution in [3.8, 4) is 5.69 Å². The number of rotatable bonds is 7. The number of benzene rings is 2. The van der Waals surface area contributed by atoms with E-state index in [4.69, 9.17) is 4.18 Å². The molecule has 0 atom stereocenters. The van der Waals surface area contributed by atoms with Crippen LogP contribution in [-0.2, 0) is 20.7 Å². The van der Waals surface area contributed by atoms with Gasteiger partial charge in [-0.15, -0.1) is 0 Å². The molecule has 0 fully saturated rings. The van der Waals surface area contributed by atoms with Gasteiger partial charge in [0.1, 0.15) is 0 Å². The van der Waals surface area contributed by atoms with Crippen LogP contribution >= 0.6 is 0 Å². The Kier molecular flexibility index (Phi) is 5.23. The highest BCUT2D eigenvalue weighted by atomic mass is 32.2. The predicted molar refractivity (Wildman–Crippen MR) is 109 cm³/mol. The van der Waals surface area contributed by atoms with Crippen LogP contribution in [0.5, 0.6) is 0 Å². The van der Waals surface area contributed by atoms with Crippen LogP contribution in [0.4, 0.5) is 0 Å². The summed E-state index contributed by atoms with van der Waals surface area (Å²) in [5, 5.41) is 1.15. The number of aryl methyl sites for hydroxylation is 1. The Hall–Kier alpha value is -2.96. The smallest absolute Gasteiger partial charge is 0.296 e. The number of aromatic nitrogens is 2. The lowest BCUT2D eigenvalue weighted by atomic mass is 10.1. The molecule has 0 amide bonds. The molecular formula is C22H20N2O3S. The van der Waals surface area contributed by atoms with Crippen molar-refractivity contribution in [2.45, 2.75) is 17.7 Å². The zero-order valence-electron chi connectivity index (χ0n) is 15.2. The minimum absolute atomic E-state index is 0.142. The van der Waals surface area contributed by atoms with Crippen LogP contribution in [0.2, 0.25) is 0 Å². The van der Waals surface area contributed by atoms with E-state index in [2.05, 4.69) is 27.9 Å². The lowest BCUT2D eigenvalue weighted by Gasteiger charge is -2.05. The summed E-state index contributed by atoms with van der Waals surface area (Å²) in [4.78, 5) is 4.38. The Balaban J connectivity index is 1.49. The lowest BCUT2D eigenvalue weighted by molar-refractivity contribution is 0.312. The Morgan fingerprint density at radius 1 is 0.929 bits per heavy atom. The van der Waals surface area contributed by atoms with Gasteiger partial charge < -0.3 is 4.57 Å². The van der Waals surface area contributed by atoms with E-state index in [1.807, 2.05) is 30.5 Å². The Morgan fingerprint density at radius 3 is 2.50 bits per heavy atom. The second kappa shape index (κ2) is 7.96. The summed E-state index contributed by atoms with van der Waals surface area (Å²) in [5.41, 5.74) is 3.25. The first-order valence-corrected chi connectivity index (χ1v) is 10.5. The summed E-state index contributed by atoms with van der Waals surface area (Å²) in [7, 11) is -3.71. The minimum atomic E-state index is -3.71. The summed E-state index contributed by atoms with van der Waals surface area (Å²) >= 11 is 0. The standard InChI is InChI=1S/C22H20N2O3S/c25-28(26,20-10-2-1-3-11-20)27-15-7-8-18-17-24(19-9-6-14-23-16-19)22-13-5-4-12-21(18)22/h1-6,9-14,16-17H,7-8,15H2. The summed E-state index contributed by atoms with van der Waals surface area (Å²) in [5.74, 6) is 0. The van der Waals surface area contributed by atoms with E-state index in [0.29, 0.717) is 6.42 Å². The van der Waals surface area contributed by atoms with Crippen molar-refractivity contribution in [3.05, 3.63) is 90.9 Å². The van der Waals surface area contributed by atoms with Crippen LogP contribution in [0, 0.1) is 0 Å². The zero-order valence-corrected chi connectivity index (χ0v) is 16.0. The van der Waals surface area contributed by atoms with Gasteiger partial charge in [-0.1, -0.05) is 36.4 Å². The summed E-state index contributed by atoms with van der Waals surface area (Å²) in [6.45, 7) is 0.142. The normalized spacial score (nSPS) is 11.7. The molecule has 0 unspecified atom stereocenters. The number of hydrogen-bond acceptors (Lipinski definition) is 4. The van der Waals surface area contributed by atoms with Crippen molar-refractivity contribution in [3.63, 3.8) is 0 Å². The summed E-state index contributed by atoms with van der Waals surface area (Å²) in [6.07, 6.45) is 6.99. The first-order valence-electron chi connectivity index (χ1n) is 9.09. The summed E-state index contributed by atoms with van der Waals surface area (Å²) in [6, 6.07) is 20.3. The van der Waals surface area contributed by atoms with E-state index in [1.54, 1.807) is 24.4 Å². The van der Waals surface area contributed by atoms with Crippen LogP contribution in [0.1, 0.15) is 12.0 Å². The molecule has 0 N–H and O–H groups in total. The van der Waals surface area contributed by atoms with Gasteiger partial charge in [0.05, 0.1) is 28.9 Å². The van der Waals surface area contributed by atoms with Crippen molar-refractivity contribution < 1.29 is 12.6 Å². The molecule has 2 aromatic heterocycles. The van der Waals surface area contributed by atoms with Crippen molar-refractivity contribution in [1.29, 1.82) is 0 Å². The van der Waals surface area contributed by atoms with E-state index in [1.165, 1.54) is 12.1 Å². The fourth-order valence-electron chi connectivity index (χ4n) is 3.25. The maximum Gasteiger partial charge on any atom is 0.296 e. The van der Waals surface area contributed by atoms with Gasteiger partial charge in [0, 0.05) is 17.8 Å². The topological polar surface area (TPSA) is 61.2 Å². The maximum atomic E-state index is 12.2. The monoisotopic (exact) mass is 392 g/mol. The van der Waals surface area contributed by atoms with Crippen molar-refractivity contribution in [2.24, 2.45) is 0 Å². The molecule has 4 aromatic rings. The maximum absolute atomic E-state index is 12.2. The molecular weight excluding hydrogens is 372 g/mol. The van der Waals surface area contributed by atoms with Gasteiger partial charge >= 0.3 is 0 Å². The molecule has 0 bridgehead atoms. The molecule has 0 saturated heterocycles. The average Bonchev–Trinajstić information content (AvgIpc) is 3.11. The van der Waals surface area contributed by atoms with Gasteiger partial charge in [-0.05, 0) is 48.7 Å². The van der Waals surface area contributed by atoms with E-state index < -0.39 is 10.1 Å². The van der Waals surface area contributed by atoms with E-state index >= 15 is 0 Å². The minimum Gasteiger partial charge on any atom is -0.315 e. The Morgan fingerprint density at radius 2 is 1.71 bits per heavy atom. The highest BCUT2D eigenvalue weighted by Gasteiger charge is 2.15. The van der Waals surface area contributed by atoms with Gasteiger partial charge in [0.25, 0.3) is 10.1 Å². The third kappa shape index (κ3) is 3.83. The number of pyridine rings is 1. The van der Waals surface area contributed by atoms with Crippen LogP contribution in [0.25, 0.3) is 16.6 Å². The second-order valence-electron chi connectivity index (χ2n) is 6.45. The van der Waals surface area contributed by atoms with Gasteiger partial charge in [-0.2, -0.15) is 8.42 Å². The number of para-hydroxylation sites is 1. The number of fused-ring (bicyclic) bond motifs is 1. The van der Waals surface area contributed by atoms with Crippen LogP contribution in [-0.4, -0.2) is 24.6 Å². The Bertz CT molecular complexity index is 1170. The molecule has 0 aliphatic heterocycles. The van der Waals surface area contributed by atoms with Gasteiger partial charge in [0.2, 0.25) is 0 Å². The molecule has 142 valence electrons. The molecule has 0 saturated carbocycles. The lowest BCUT2D eigenvalue weighted by Crippen LogP contribution is -2.08. The molecule has 0 spiro atoms. The Labute approximate surface area is 164 Å². The van der Waals surface area contributed by atoms with Crippen molar-refractivity contribution in [1.82, 2.24) is 9.55 Å². The molecule has 4 rings (SSSR count). The van der Waals surface area contributed by atoms with Crippen molar-refractivity contribution >= 4 is 21.0 Å². The predicted octanol–water partition coefficient (Wildman–Crippen LogP) is 4.36. The fourth-order valence-corrected chi connectivity index (χ4v) is 4.21. The zero-order chi connectivity index (χ0) is 19.4. The molecule has 0 aliphatic rings. The van der Waals surface area contributed by atoms with Crippen LogP contribution < -0.4 is 0 Å². The highest BCUT2D eigenvalue weighted by molar-refractivity contribution is 7.86. The molecule has 6 heteroatoms. The quantitative estimate of drug-likeness (QED) is 0.346. The highest BCUT2D eigenvalue weighted by Crippen LogP contribution is 2.25. The van der Waals surface area contributed by atoms with Gasteiger partial charge in [-0.25, -0.2) is 0 Å². The molecule has 0 aliphatic carbocycles. The first-order chi connectivity index (χ1) is 13.6. The van der Waals surface area contributed by atoms with Crippen LogP contribution in [0.3, 0.4) is 0 Å². The third-order valence-electron chi connectivity index (χ3n) is 4.58. The molecule has 28 heavy (non-hydrogen) atoms. The first kappa shape index (κ1) is 18.4. The van der Waals surface area contributed by atoms with E-state index in [0.717, 1.165) is 28.6 Å². The van der Waals surface area contributed by atoms with Gasteiger partial charge in [0.15, 0.2) is 0 Å². The molecule has 0 radical (unpaired) electrons. The van der Waals surface area contributed by atoms with Crippen LogP contribution in [0.15, 0.2) is 90.2 Å².